The molecule has 1 aliphatic heterocycles. The summed E-state index contributed by atoms with van der Waals surface area (Å²) in [5.74, 6) is 0.884. The lowest BCUT2D eigenvalue weighted by Gasteiger charge is -2.41. The van der Waals surface area contributed by atoms with E-state index in [1.807, 2.05) is 0 Å². The van der Waals surface area contributed by atoms with Crippen molar-refractivity contribution in [3.05, 3.63) is 0 Å². The first kappa shape index (κ1) is 19.1. The third kappa shape index (κ3) is 5.98. The lowest BCUT2D eigenvalue weighted by molar-refractivity contribution is 0.101. The Morgan fingerprint density at radius 2 is 1.78 bits per heavy atom. The highest BCUT2D eigenvalue weighted by Gasteiger charge is 2.28. The molecule has 0 bridgehead atoms. The minimum atomic E-state index is -3.29. The first-order chi connectivity index (χ1) is 10.9. The van der Waals surface area contributed by atoms with Gasteiger partial charge in [0, 0.05) is 39.3 Å². The zero-order valence-electron chi connectivity index (χ0n) is 14.9. The molecule has 0 aromatic heterocycles. The van der Waals surface area contributed by atoms with Crippen LogP contribution in [0.5, 0.6) is 0 Å². The van der Waals surface area contributed by atoms with E-state index in [9.17, 15) is 8.42 Å². The summed E-state index contributed by atoms with van der Waals surface area (Å²) < 4.78 is 27.0. The van der Waals surface area contributed by atoms with Crippen LogP contribution < -0.4 is 10.0 Å². The maximum Gasteiger partial charge on any atom is 0.278 e. The van der Waals surface area contributed by atoms with Crippen molar-refractivity contribution in [3.8, 4) is 0 Å². The molecule has 2 rings (SSSR count). The summed E-state index contributed by atoms with van der Waals surface area (Å²) in [6, 6.07) is 1.32. The molecule has 7 heteroatoms. The van der Waals surface area contributed by atoms with Gasteiger partial charge in [-0.25, -0.2) is 4.72 Å². The van der Waals surface area contributed by atoms with Gasteiger partial charge in [-0.3, -0.25) is 0 Å². The van der Waals surface area contributed by atoms with E-state index in [0.29, 0.717) is 19.1 Å². The predicted molar refractivity (Wildman–Crippen MR) is 94.6 cm³/mol. The number of piperidine rings is 1. The molecule has 0 aromatic rings. The highest BCUT2D eigenvalue weighted by Crippen LogP contribution is 2.29. The van der Waals surface area contributed by atoms with E-state index in [1.165, 1.54) is 70.0 Å². The molecule has 2 aliphatic rings. The van der Waals surface area contributed by atoms with Crippen LogP contribution in [0, 0.1) is 5.92 Å². The second-order valence-electron chi connectivity index (χ2n) is 7.37. The van der Waals surface area contributed by atoms with Crippen molar-refractivity contribution in [2.75, 3.05) is 40.3 Å². The lowest BCUT2D eigenvalue weighted by atomic mass is 9.85. The molecule has 136 valence electrons. The first-order valence-corrected chi connectivity index (χ1v) is 10.5. The number of nitrogens with zero attached hydrogens (tertiary/aromatic N) is 2. The van der Waals surface area contributed by atoms with Gasteiger partial charge in [0.15, 0.2) is 0 Å². The third-order valence-electron chi connectivity index (χ3n) is 5.28. The Labute approximate surface area is 142 Å². The molecule has 2 fully saturated rings. The molecule has 1 aliphatic carbocycles. The second kappa shape index (κ2) is 8.76. The Kier molecular flexibility index (Phi) is 7.28. The van der Waals surface area contributed by atoms with Crippen molar-refractivity contribution >= 4 is 10.2 Å². The van der Waals surface area contributed by atoms with E-state index < -0.39 is 10.2 Å². The first-order valence-electron chi connectivity index (χ1n) is 9.03. The average molecular weight is 347 g/mol. The predicted octanol–water partition coefficient (Wildman–Crippen LogP) is 1.02. The molecule has 2 atom stereocenters. The van der Waals surface area contributed by atoms with Crippen LogP contribution in [-0.2, 0) is 10.2 Å². The molecule has 0 unspecified atom stereocenters. The monoisotopic (exact) mass is 346 g/mol. The minimum Gasteiger partial charge on any atom is -0.313 e. The van der Waals surface area contributed by atoms with Gasteiger partial charge in [-0.1, -0.05) is 19.8 Å². The maximum absolute atomic E-state index is 11.6. The summed E-state index contributed by atoms with van der Waals surface area (Å²) in [6.07, 6.45) is 7.86. The Balaban J connectivity index is 1.61. The molecule has 2 N–H and O–H groups in total. The highest BCUT2D eigenvalue weighted by molar-refractivity contribution is 7.87. The molecule has 0 amide bonds. The van der Waals surface area contributed by atoms with Crippen molar-refractivity contribution in [1.29, 1.82) is 0 Å². The summed E-state index contributed by atoms with van der Waals surface area (Å²) in [6.45, 7) is 5.88. The summed E-state index contributed by atoms with van der Waals surface area (Å²) in [4.78, 5) is 2.68. The molecule has 0 radical (unpaired) electrons. The Hall–Kier alpha value is -0.210. The SMILES string of the molecule is C[C@@H]1CCC[C@H](N2CCC(NCCNS(=O)(=O)N(C)C)CC2)C1. The van der Waals surface area contributed by atoms with Crippen molar-refractivity contribution in [2.45, 2.75) is 57.5 Å². The van der Waals surface area contributed by atoms with Crippen LogP contribution in [0.4, 0.5) is 0 Å². The molecular formula is C16H34N4O2S. The van der Waals surface area contributed by atoms with Gasteiger partial charge in [0.25, 0.3) is 10.2 Å². The number of hydrogen-bond acceptors (Lipinski definition) is 4. The molecule has 23 heavy (non-hydrogen) atoms. The van der Waals surface area contributed by atoms with Crippen LogP contribution in [0.1, 0.15) is 45.4 Å². The number of likely N-dealkylation sites (tertiary alicyclic amines) is 1. The van der Waals surface area contributed by atoms with Gasteiger partial charge in [0.2, 0.25) is 0 Å². The van der Waals surface area contributed by atoms with Gasteiger partial charge in [0.05, 0.1) is 0 Å². The molecule has 0 aromatic carbocycles. The number of hydrogen-bond donors (Lipinski definition) is 2. The van der Waals surface area contributed by atoms with E-state index in [2.05, 4.69) is 21.9 Å². The van der Waals surface area contributed by atoms with E-state index in [-0.39, 0.29) is 0 Å². The van der Waals surface area contributed by atoms with Gasteiger partial charge in [-0.2, -0.15) is 12.7 Å². The highest BCUT2D eigenvalue weighted by atomic mass is 32.2. The van der Waals surface area contributed by atoms with E-state index >= 15 is 0 Å². The Morgan fingerprint density at radius 3 is 2.39 bits per heavy atom. The average Bonchev–Trinajstić information content (AvgIpc) is 2.52. The van der Waals surface area contributed by atoms with Crippen LogP contribution in [0.25, 0.3) is 0 Å². The maximum atomic E-state index is 11.6. The third-order valence-corrected chi connectivity index (χ3v) is 6.81. The zero-order valence-corrected chi connectivity index (χ0v) is 15.7. The van der Waals surface area contributed by atoms with Gasteiger partial charge < -0.3 is 10.2 Å². The van der Waals surface area contributed by atoms with E-state index in [1.54, 1.807) is 0 Å². The smallest absolute Gasteiger partial charge is 0.278 e. The summed E-state index contributed by atoms with van der Waals surface area (Å²) in [5.41, 5.74) is 0. The van der Waals surface area contributed by atoms with Crippen LogP contribution >= 0.6 is 0 Å². The zero-order chi connectivity index (χ0) is 16.9. The van der Waals surface area contributed by atoms with Crippen molar-refractivity contribution in [2.24, 2.45) is 5.92 Å². The largest absolute Gasteiger partial charge is 0.313 e. The molecule has 0 spiro atoms. The van der Waals surface area contributed by atoms with Crippen LogP contribution in [0.2, 0.25) is 0 Å². The van der Waals surface area contributed by atoms with Gasteiger partial charge >= 0.3 is 0 Å². The van der Waals surface area contributed by atoms with E-state index in [4.69, 9.17) is 0 Å². The van der Waals surface area contributed by atoms with Crippen molar-refractivity contribution in [1.82, 2.24) is 19.2 Å². The quantitative estimate of drug-likeness (QED) is 0.676. The van der Waals surface area contributed by atoms with Crippen LogP contribution in [0.3, 0.4) is 0 Å². The summed E-state index contributed by atoms with van der Waals surface area (Å²) in [7, 11) is -0.216. The van der Waals surface area contributed by atoms with Crippen LogP contribution in [0.15, 0.2) is 0 Å². The number of nitrogens with one attached hydrogen (secondary N) is 2. The fourth-order valence-electron chi connectivity index (χ4n) is 3.79. The fraction of sp³-hybridized carbons (Fsp3) is 1.00. The summed E-state index contributed by atoms with van der Waals surface area (Å²) >= 11 is 0. The van der Waals surface area contributed by atoms with Gasteiger partial charge in [-0.15, -0.1) is 0 Å². The van der Waals surface area contributed by atoms with Crippen molar-refractivity contribution < 1.29 is 8.42 Å². The molecule has 1 heterocycles. The fourth-order valence-corrected chi connectivity index (χ4v) is 4.41. The minimum absolute atomic E-state index is 0.445. The lowest BCUT2D eigenvalue weighted by Crippen LogP contribution is -2.49. The van der Waals surface area contributed by atoms with Gasteiger partial charge in [-0.05, 0) is 44.7 Å². The van der Waals surface area contributed by atoms with E-state index in [0.717, 1.165) is 12.0 Å². The standard InChI is InChI=1S/C16H34N4O2S/c1-14-5-4-6-16(13-14)20-11-7-15(8-12-20)17-9-10-18-23(21,22)19(2)3/h14-18H,4-13H2,1-3H3/t14-,16+/m1/s1. The molecule has 1 saturated carbocycles. The van der Waals surface area contributed by atoms with Gasteiger partial charge in [0.1, 0.15) is 0 Å². The van der Waals surface area contributed by atoms with Crippen LogP contribution in [-0.4, -0.2) is 70.0 Å². The number of rotatable bonds is 7. The Morgan fingerprint density at radius 1 is 1.09 bits per heavy atom. The molecule has 6 nitrogen and oxygen atoms in total. The Bertz CT molecular complexity index is 447. The topological polar surface area (TPSA) is 64.7 Å². The summed E-state index contributed by atoms with van der Waals surface area (Å²) in [5, 5.41) is 3.49. The second-order valence-corrected chi connectivity index (χ2v) is 9.34. The molecular weight excluding hydrogens is 312 g/mol. The molecule has 1 saturated heterocycles. The normalized spacial score (nSPS) is 28.3. The van der Waals surface area contributed by atoms with Crippen molar-refractivity contribution in [3.63, 3.8) is 0 Å².